The molecule has 0 aromatic rings. The molecule has 1 heteroatoms. The van der Waals surface area contributed by atoms with Gasteiger partial charge in [0.2, 0.25) is 0 Å². The summed E-state index contributed by atoms with van der Waals surface area (Å²) in [6, 6.07) is 0.376. The predicted molar refractivity (Wildman–Crippen MR) is 37.5 cm³/mol. The molecule has 2 N–H and O–H groups in total. The molecule has 1 unspecified atom stereocenters. The molecule has 0 bridgehead atoms. The summed E-state index contributed by atoms with van der Waals surface area (Å²) in [6.45, 7) is 5.79. The Labute approximate surface area is 52.3 Å². The third-order valence-electron chi connectivity index (χ3n) is 1.16. The van der Waals surface area contributed by atoms with Crippen LogP contribution in [0.3, 0.4) is 0 Å². The summed E-state index contributed by atoms with van der Waals surface area (Å²) in [5, 5.41) is 0. The second-order valence-electron chi connectivity index (χ2n) is 2.33. The third-order valence-corrected chi connectivity index (χ3v) is 1.16. The van der Waals surface area contributed by atoms with E-state index in [2.05, 4.69) is 6.92 Å². The molecule has 0 amide bonds. The van der Waals surface area contributed by atoms with Crippen LogP contribution in [0.5, 0.6) is 0 Å². The number of hydrogen-bond acceptors (Lipinski definition) is 1. The minimum absolute atomic E-state index is 0.376. The van der Waals surface area contributed by atoms with E-state index in [-0.39, 0.29) is 0 Å². The van der Waals surface area contributed by atoms with Crippen LogP contribution in [0.2, 0.25) is 0 Å². The van der Waals surface area contributed by atoms with Crippen molar-refractivity contribution >= 4 is 0 Å². The van der Waals surface area contributed by atoms with Gasteiger partial charge in [-0.05, 0) is 13.3 Å². The molecule has 1 radical (unpaired) electrons. The second-order valence-corrected chi connectivity index (χ2v) is 2.33. The Morgan fingerprint density at radius 1 is 1.50 bits per heavy atom. The first-order valence-electron chi connectivity index (χ1n) is 3.32. The number of rotatable bonds is 4. The summed E-state index contributed by atoms with van der Waals surface area (Å²) in [6.07, 6.45) is 4.66. The highest BCUT2D eigenvalue weighted by molar-refractivity contribution is 4.52. The molecule has 0 heterocycles. The Balaban J connectivity index is 2.72. The lowest BCUT2D eigenvalue weighted by molar-refractivity contribution is 0.601. The Morgan fingerprint density at radius 2 is 2.12 bits per heavy atom. The van der Waals surface area contributed by atoms with Gasteiger partial charge in [-0.25, -0.2) is 0 Å². The van der Waals surface area contributed by atoms with Crippen molar-refractivity contribution in [3.8, 4) is 0 Å². The first-order valence-corrected chi connectivity index (χ1v) is 3.32. The monoisotopic (exact) mass is 114 g/mol. The van der Waals surface area contributed by atoms with Gasteiger partial charge in [0.1, 0.15) is 0 Å². The van der Waals surface area contributed by atoms with Gasteiger partial charge in [0.15, 0.2) is 0 Å². The standard InChI is InChI=1S/C7H16N/c1-3-4-5-6-7(2)8/h7H,1,3-6,8H2,2H3. The molecular formula is C7H16N. The first kappa shape index (κ1) is 7.96. The molecule has 0 aromatic heterocycles. The summed E-state index contributed by atoms with van der Waals surface area (Å²) in [7, 11) is 0. The predicted octanol–water partition coefficient (Wildman–Crippen LogP) is 1.73. The molecular weight excluding hydrogens is 98.1 g/mol. The summed E-state index contributed by atoms with van der Waals surface area (Å²) < 4.78 is 0. The number of unbranched alkanes of at least 4 members (excludes halogenated alkanes) is 2. The van der Waals surface area contributed by atoms with Crippen molar-refractivity contribution in [2.24, 2.45) is 5.73 Å². The Hall–Kier alpha value is -0.0400. The Bertz CT molecular complexity index is 41.7. The van der Waals surface area contributed by atoms with Crippen molar-refractivity contribution in [1.29, 1.82) is 0 Å². The van der Waals surface area contributed by atoms with Crippen LogP contribution in [0.4, 0.5) is 0 Å². The first-order chi connectivity index (χ1) is 3.77. The van der Waals surface area contributed by atoms with Crippen LogP contribution in [0.15, 0.2) is 0 Å². The molecule has 0 saturated carbocycles. The summed E-state index contributed by atoms with van der Waals surface area (Å²) in [5.41, 5.74) is 5.51. The summed E-state index contributed by atoms with van der Waals surface area (Å²) >= 11 is 0. The quantitative estimate of drug-likeness (QED) is 0.553. The van der Waals surface area contributed by atoms with Gasteiger partial charge in [-0.2, -0.15) is 0 Å². The molecule has 0 fully saturated rings. The van der Waals surface area contributed by atoms with E-state index in [1.807, 2.05) is 6.92 Å². The van der Waals surface area contributed by atoms with Crippen LogP contribution in [0, 0.1) is 6.92 Å². The fourth-order valence-corrected chi connectivity index (χ4v) is 0.643. The fraction of sp³-hybridized carbons (Fsp3) is 0.857. The maximum absolute atomic E-state index is 5.51. The van der Waals surface area contributed by atoms with Crippen molar-refractivity contribution in [1.82, 2.24) is 0 Å². The van der Waals surface area contributed by atoms with Crippen molar-refractivity contribution in [2.45, 2.75) is 38.6 Å². The number of nitrogens with two attached hydrogens (primary N) is 1. The van der Waals surface area contributed by atoms with Crippen molar-refractivity contribution in [3.05, 3.63) is 6.92 Å². The SMILES string of the molecule is [CH2]CCCCC(C)N. The normalized spacial score (nSPS) is 13.9. The van der Waals surface area contributed by atoms with Crippen molar-refractivity contribution in [2.75, 3.05) is 0 Å². The van der Waals surface area contributed by atoms with Crippen molar-refractivity contribution in [3.63, 3.8) is 0 Å². The van der Waals surface area contributed by atoms with Gasteiger partial charge in [0.25, 0.3) is 0 Å². The van der Waals surface area contributed by atoms with E-state index < -0.39 is 0 Å². The highest BCUT2D eigenvalue weighted by atomic mass is 14.6. The molecule has 1 nitrogen and oxygen atoms in total. The molecule has 0 aliphatic heterocycles. The molecule has 0 aliphatic rings. The van der Waals surface area contributed by atoms with Crippen molar-refractivity contribution < 1.29 is 0 Å². The van der Waals surface area contributed by atoms with Gasteiger partial charge < -0.3 is 5.73 Å². The molecule has 0 spiro atoms. The molecule has 0 aliphatic carbocycles. The fourth-order valence-electron chi connectivity index (χ4n) is 0.643. The molecule has 0 aromatic carbocycles. The van der Waals surface area contributed by atoms with Gasteiger partial charge in [-0.3, -0.25) is 0 Å². The van der Waals surface area contributed by atoms with E-state index in [1.54, 1.807) is 0 Å². The molecule has 49 valence electrons. The number of hydrogen-bond donors (Lipinski definition) is 1. The van der Waals surface area contributed by atoms with E-state index >= 15 is 0 Å². The zero-order valence-electron chi connectivity index (χ0n) is 5.69. The maximum Gasteiger partial charge on any atom is 0.00104 e. The smallest absolute Gasteiger partial charge is 0.00104 e. The van der Waals surface area contributed by atoms with Gasteiger partial charge in [-0.15, -0.1) is 0 Å². The van der Waals surface area contributed by atoms with Crippen LogP contribution in [0.1, 0.15) is 32.6 Å². The Kier molecular flexibility index (Phi) is 5.08. The third kappa shape index (κ3) is 5.96. The van der Waals surface area contributed by atoms with E-state index in [0.717, 1.165) is 12.8 Å². The molecule has 1 atom stereocenters. The average molecular weight is 114 g/mol. The van der Waals surface area contributed by atoms with E-state index in [1.165, 1.54) is 12.8 Å². The highest BCUT2D eigenvalue weighted by Crippen LogP contribution is 1.99. The summed E-state index contributed by atoms with van der Waals surface area (Å²) in [5.74, 6) is 0. The van der Waals surface area contributed by atoms with E-state index in [4.69, 9.17) is 5.73 Å². The lowest BCUT2D eigenvalue weighted by Gasteiger charge is -2.01. The molecule has 0 saturated heterocycles. The lowest BCUT2D eigenvalue weighted by Crippen LogP contribution is -2.13. The van der Waals surface area contributed by atoms with Gasteiger partial charge in [-0.1, -0.05) is 26.2 Å². The second kappa shape index (κ2) is 5.10. The lowest BCUT2D eigenvalue weighted by atomic mass is 10.1. The van der Waals surface area contributed by atoms with E-state index in [9.17, 15) is 0 Å². The van der Waals surface area contributed by atoms with Crippen LogP contribution in [0.25, 0.3) is 0 Å². The highest BCUT2D eigenvalue weighted by Gasteiger charge is 1.90. The average Bonchev–Trinajstić information content (AvgIpc) is 1.66. The minimum atomic E-state index is 0.376. The van der Waals surface area contributed by atoms with Crippen LogP contribution in [-0.2, 0) is 0 Å². The zero-order valence-corrected chi connectivity index (χ0v) is 5.69. The zero-order chi connectivity index (χ0) is 6.41. The maximum atomic E-state index is 5.51. The van der Waals surface area contributed by atoms with Gasteiger partial charge in [0.05, 0.1) is 0 Å². The van der Waals surface area contributed by atoms with E-state index in [0.29, 0.717) is 6.04 Å². The molecule has 8 heavy (non-hydrogen) atoms. The summed E-state index contributed by atoms with van der Waals surface area (Å²) in [4.78, 5) is 0. The minimum Gasteiger partial charge on any atom is -0.328 e. The van der Waals surface area contributed by atoms with Crippen LogP contribution < -0.4 is 5.73 Å². The van der Waals surface area contributed by atoms with Crippen LogP contribution >= 0.6 is 0 Å². The van der Waals surface area contributed by atoms with Crippen LogP contribution in [-0.4, -0.2) is 6.04 Å². The van der Waals surface area contributed by atoms with Gasteiger partial charge >= 0.3 is 0 Å². The molecule has 0 rings (SSSR count). The topological polar surface area (TPSA) is 26.0 Å². The Morgan fingerprint density at radius 3 is 2.50 bits per heavy atom. The van der Waals surface area contributed by atoms with Gasteiger partial charge in [0, 0.05) is 6.04 Å². The largest absolute Gasteiger partial charge is 0.328 e.